The summed E-state index contributed by atoms with van der Waals surface area (Å²) in [5.74, 6) is 1.05. The van der Waals surface area contributed by atoms with Gasteiger partial charge in [0.2, 0.25) is 5.91 Å². The number of hydrogen-bond donors (Lipinski definition) is 2. The standard InChI is InChI=1S/C25H24Cl2N6O/c1-3-29-25(24(28)34)12-16(13-25)22-30-14(2)31-23-20(15-8-10-17(26)11-9-15)21(32-33(22)23)18-6-4-5-7-19(18)27/h4-11,16,29H,3,12-13H2,1-2H3,(H2,28,34). The number of fused-ring (bicyclic) bond motifs is 1. The molecular formula is C25H24Cl2N6O. The van der Waals surface area contributed by atoms with Crippen molar-refractivity contribution >= 4 is 34.8 Å². The van der Waals surface area contributed by atoms with Gasteiger partial charge in [-0.25, -0.2) is 9.97 Å². The van der Waals surface area contributed by atoms with Gasteiger partial charge in [0.1, 0.15) is 17.3 Å². The van der Waals surface area contributed by atoms with Crippen molar-refractivity contribution in [2.75, 3.05) is 6.54 Å². The molecule has 1 saturated carbocycles. The van der Waals surface area contributed by atoms with Gasteiger partial charge in [-0.05, 0) is 50.1 Å². The smallest absolute Gasteiger partial charge is 0.237 e. The predicted octanol–water partition coefficient (Wildman–Crippen LogP) is 4.78. The van der Waals surface area contributed by atoms with E-state index in [0.29, 0.717) is 46.6 Å². The molecule has 1 aliphatic rings. The second kappa shape index (κ2) is 8.65. The minimum atomic E-state index is -0.720. The SMILES string of the molecule is CCNC1(C(N)=O)CC(c2nc(C)nc3c(-c4ccc(Cl)cc4)c(-c4ccccc4Cl)nn23)C1. The number of aromatic nitrogens is 4. The van der Waals surface area contributed by atoms with Crippen molar-refractivity contribution in [2.45, 2.75) is 38.1 Å². The van der Waals surface area contributed by atoms with Gasteiger partial charge in [0.25, 0.3) is 0 Å². The molecule has 9 heteroatoms. The van der Waals surface area contributed by atoms with E-state index in [2.05, 4.69) is 5.32 Å². The Morgan fingerprint density at radius 1 is 1.15 bits per heavy atom. The molecule has 7 nitrogen and oxygen atoms in total. The third kappa shape index (κ3) is 3.74. The molecule has 0 bridgehead atoms. The monoisotopic (exact) mass is 494 g/mol. The van der Waals surface area contributed by atoms with Gasteiger partial charge >= 0.3 is 0 Å². The maximum Gasteiger partial charge on any atom is 0.237 e. The van der Waals surface area contributed by atoms with Gasteiger partial charge in [-0.1, -0.05) is 60.5 Å². The lowest BCUT2D eigenvalue weighted by Crippen LogP contribution is -2.62. The molecule has 2 heterocycles. The first kappa shape index (κ1) is 22.8. The Morgan fingerprint density at radius 3 is 2.50 bits per heavy atom. The topological polar surface area (TPSA) is 98.2 Å². The average Bonchev–Trinajstić information content (AvgIpc) is 3.15. The van der Waals surface area contributed by atoms with E-state index < -0.39 is 5.54 Å². The van der Waals surface area contributed by atoms with Crippen LogP contribution in [0.4, 0.5) is 0 Å². The summed E-state index contributed by atoms with van der Waals surface area (Å²) in [4.78, 5) is 21.7. The number of hydrogen-bond acceptors (Lipinski definition) is 5. The number of primary amides is 1. The first-order valence-corrected chi connectivity index (χ1v) is 11.9. The molecule has 174 valence electrons. The van der Waals surface area contributed by atoms with E-state index >= 15 is 0 Å². The molecule has 0 spiro atoms. The number of nitrogens with two attached hydrogens (primary N) is 1. The fourth-order valence-electron chi connectivity index (χ4n) is 4.79. The van der Waals surface area contributed by atoms with E-state index in [0.717, 1.165) is 22.5 Å². The van der Waals surface area contributed by atoms with Crippen molar-refractivity contribution in [3.8, 4) is 22.4 Å². The van der Waals surface area contributed by atoms with Gasteiger partial charge in [-0.15, -0.1) is 0 Å². The van der Waals surface area contributed by atoms with Crippen molar-refractivity contribution < 1.29 is 4.79 Å². The first-order chi connectivity index (χ1) is 16.3. The highest BCUT2D eigenvalue weighted by molar-refractivity contribution is 6.33. The molecule has 0 aliphatic heterocycles. The summed E-state index contributed by atoms with van der Waals surface area (Å²) in [6, 6.07) is 15.2. The Labute approximate surface area is 207 Å². The number of amides is 1. The summed E-state index contributed by atoms with van der Waals surface area (Å²) in [5.41, 5.74) is 8.97. The molecule has 3 N–H and O–H groups in total. The molecule has 0 saturated heterocycles. The van der Waals surface area contributed by atoms with Crippen molar-refractivity contribution in [3.63, 3.8) is 0 Å². The summed E-state index contributed by atoms with van der Waals surface area (Å²) in [6.07, 6.45) is 1.11. The molecule has 2 aromatic heterocycles. The van der Waals surface area contributed by atoms with Gasteiger partial charge < -0.3 is 11.1 Å². The fourth-order valence-corrected chi connectivity index (χ4v) is 5.14. The van der Waals surface area contributed by atoms with Crippen LogP contribution in [-0.4, -0.2) is 37.6 Å². The Morgan fingerprint density at radius 2 is 1.85 bits per heavy atom. The van der Waals surface area contributed by atoms with Crippen molar-refractivity contribution in [2.24, 2.45) is 5.73 Å². The molecule has 34 heavy (non-hydrogen) atoms. The quantitative estimate of drug-likeness (QED) is 0.401. The lowest BCUT2D eigenvalue weighted by atomic mass is 9.67. The van der Waals surface area contributed by atoms with Gasteiger partial charge in [-0.2, -0.15) is 9.61 Å². The molecule has 4 aromatic rings. The zero-order valence-corrected chi connectivity index (χ0v) is 20.4. The molecule has 0 atom stereocenters. The van der Waals surface area contributed by atoms with Crippen LogP contribution in [0.2, 0.25) is 10.0 Å². The second-order valence-corrected chi connectivity index (χ2v) is 9.50. The lowest BCUT2D eigenvalue weighted by Gasteiger charge is -2.45. The van der Waals surface area contributed by atoms with E-state index in [1.165, 1.54) is 0 Å². The number of nitrogens with zero attached hydrogens (tertiary/aromatic N) is 4. The molecule has 0 unspecified atom stereocenters. The van der Waals surface area contributed by atoms with Gasteiger partial charge in [0.05, 0.1) is 16.1 Å². The third-order valence-electron chi connectivity index (χ3n) is 6.43. The molecular weight excluding hydrogens is 471 g/mol. The minimum absolute atomic E-state index is 0.00723. The van der Waals surface area contributed by atoms with E-state index in [-0.39, 0.29) is 11.8 Å². The highest BCUT2D eigenvalue weighted by atomic mass is 35.5. The average molecular weight is 495 g/mol. The van der Waals surface area contributed by atoms with Gasteiger partial charge in [0.15, 0.2) is 5.65 Å². The first-order valence-electron chi connectivity index (χ1n) is 11.2. The van der Waals surface area contributed by atoms with Gasteiger partial charge in [-0.3, -0.25) is 4.79 Å². The van der Waals surface area contributed by atoms with E-state index in [1.807, 2.05) is 62.4 Å². The van der Waals surface area contributed by atoms with Crippen molar-refractivity contribution in [1.29, 1.82) is 0 Å². The molecule has 5 rings (SSSR count). The van der Waals surface area contributed by atoms with E-state index in [4.69, 9.17) is 44.0 Å². The number of carbonyl (C=O) groups excluding carboxylic acids is 1. The number of carbonyl (C=O) groups is 1. The number of rotatable bonds is 6. The molecule has 1 aliphatic carbocycles. The van der Waals surface area contributed by atoms with Crippen LogP contribution in [0.25, 0.3) is 28.0 Å². The van der Waals surface area contributed by atoms with Crippen LogP contribution in [0.5, 0.6) is 0 Å². The zero-order chi connectivity index (χ0) is 24.0. The lowest BCUT2D eigenvalue weighted by molar-refractivity contribution is -0.128. The summed E-state index contributed by atoms with van der Waals surface area (Å²) in [7, 11) is 0. The highest BCUT2D eigenvalue weighted by Gasteiger charge is 2.50. The number of likely N-dealkylation sites (N-methyl/N-ethyl adjacent to an activating group) is 1. The third-order valence-corrected chi connectivity index (χ3v) is 7.01. The number of aryl methyl sites for hydroxylation is 1. The maximum absolute atomic E-state index is 12.2. The van der Waals surface area contributed by atoms with E-state index in [9.17, 15) is 4.79 Å². The predicted molar refractivity (Wildman–Crippen MR) is 134 cm³/mol. The summed E-state index contributed by atoms with van der Waals surface area (Å²) >= 11 is 12.7. The van der Waals surface area contributed by atoms with Crippen LogP contribution in [0.15, 0.2) is 48.5 Å². The minimum Gasteiger partial charge on any atom is -0.368 e. The van der Waals surface area contributed by atoms with E-state index in [1.54, 1.807) is 4.52 Å². The number of benzene rings is 2. The molecule has 1 amide bonds. The van der Waals surface area contributed by atoms with Crippen LogP contribution in [-0.2, 0) is 4.79 Å². The fraction of sp³-hybridized carbons (Fsp3) is 0.280. The maximum atomic E-state index is 12.2. The largest absolute Gasteiger partial charge is 0.368 e. The van der Waals surface area contributed by atoms with Crippen molar-refractivity contribution in [1.82, 2.24) is 24.9 Å². The van der Waals surface area contributed by atoms with Crippen LogP contribution in [0.1, 0.15) is 37.3 Å². The van der Waals surface area contributed by atoms with Crippen LogP contribution < -0.4 is 11.1 Å². The Bertz CT molecular complexity index is 1390. The Balaban J connectivity index is 1.72. The van der Waals surface area contributed by atoms with Crippen LogP contribution in [0.3, 0.4) is 0 Å². The summed E-state index contributed by atoms with van der Waals surface area (Å²) in [5, 5.41) is 9.46. The molecule has 2 aromatic carbocycles. The Kier molecular flexibility index (Phi) is 5.80. The van der Waals surface area contributed by atoms with Gasteiger partial charge in [0, 0.05) is 16.5 Å². The van der Waals surface area contributed by atoms with Crippen molar-refractivity contribution in [3.05, 3.63) is 70.2 Å². The molecule has 0 radical (unpaired) electrons. The highest BCUT2D eigenvalue weighted by Crippen LogP contribution is 2.45. The second-order valence-electron chi connectivity index (χ2n) is 8.66. The number of halogens is 2. The Hall–Kier alpha value is -3.00. The zero-order valence-electron chi connectivity index (χ0n) is 18.8. The van der Waals surface area contributed by atoms with Crippen LogP contribution >= 0.6 is 23.2 Å². The summed E-state index contributed by atoms with van der Waals surface area (Å²) < 4.78 is 1.79. The number of nitrogens with one attached hydrogen (secondary N) is 1. The summed E-state index contributed by atoms with van der Waals surface area (Å²) in [6.45, 7) is 4.49. The molecule has 1 fully saturated rings. The normalized spacial score (nSPS) is 19.8. The van der Waals surface area contributed by atoms with Crippen LogP contribution in [0, 0.1) is 6.92 Å².